The molecule has 3 saturated heterocycles. The Hall–Kier alpha value is -0.920. The van der Waals surface area contributed by atoms with Crippen LogP contribution in [0.2, 0.25) is 0 Å². The summed E-state index contributed by atoms with van der Waals surface area (Å²) in [6, 6.07) is 3.70. The predicted molar refractivity (Wildman–Crippen MR) is 70.2 cm³/mol. The summed E-state index contributed by atoms with van der Waals surface area (Å²) >= 11 is 0. The minimum Gasteiger partial charge on any atom is -0.466 e. The van der Waals surface area contributed by atoms with Gasteiger partial charge in [-0.3, -0.25) is 0 Å². The van der Waals surface area contributed by atoms with Crippen molar-refractivity contribution in [3.63, 3.8) is 0 Å². The van der Waals surface area contributed by atoms with Crippen LogP contribution in [0.3, 0.4) is 0 Å². The standard InChI is InChI=1S/C15H20O6/c1-14(2)18-10-9(8-6-5-7-16-8)17-13-12(11(10)19-14)20-15(3,4)21-13/h5-7,9-13H,1-4H3/t9-,10+,11+,12-,13-/m1/s1. The van der Waals surface area contributed by atoms with E-state index in [1.807, 2.05) is 39.8 Å². The van der Waals surface area contributed by atoms with E-state index in [0.29, 0.717) is 5.76 Å². The van der Waals surface area contributed by atoms with Crippen molar-refractivity contribution in [2.24, 2.45) is 0 Å². The van der Waals surface area contributed by atoms with Crippen LogP contribution >= 0.6 is 0 Å². The molecule has 3 aliphatic heterocycles. The van der Waals surface area contributed by atoms with E-state index < -0.39 is 17.9 Å². The Morgan fingerprint density at radius 3 is 2.24 bits per heavy atom. The van der Waals surface area contributed by atoms with E-state index >= 15 is 0 Å². The van der Waals surface area contributed by atoms with Crippen molar-refractivity contribution in [3.05, 3.63) is 24.2 Å². The summed E-state index contributed by atoms with van der Waals surface area (Å²) in [6.45, 7) is 7.51. The van der Waals surface area contributed by atoms with Crippen LogP contribution in [0.25, 0.3) is 0 Å². The van der Waals surface area contributed by atoms with Gasteiger partial charge in [0.2, 0.25) is 0 Å². The first-order valence-corrected chi connectivity index (χ1v) is 7.25. The van der Waals surface area contributed by atoms with E-state index in [0.717, 1.165) is 0 Å². The molecule has 0 saturated carbocycles. The number of ether oxygens (including phenoxy) is 5. The second-order valence-electron chi connectivity index (χ2n) is 6.61. The first-order chi connectivity index (χ1) is 9.85. The monoisotopic (exact) mass is 296 g/mol. The van der Waals surface area contributed by atoms with E-state index in [1.54, 1.807) is 6.26 Å². The molecule has 6 nitrogen and oxygen atoms in total. The zero-order valence-corrected chi connectivity index (χ0v) is 12.6. The van der Waals surface area contributed by atoms with Crippen molar-refractivity contribution in [2.45, 2.75) is 70.0 Å². The molecular formula is C15H20O6. The maximum atomic E-state index is 6.05. The SMILES string of the molecule is CC1(C)O[C@H]2[C@@H](O1)[C@@H](c1ccco1)O[C@@H]1OC(C)(C)O[C@@H]12. The number of furan rings is 1. The first kappa shape index (κ1) is 13.7. The second-order valence-corrected chi connectivity index (χ2v) is 6.61. The van der Waals surface area contributed by atoms with E-state index in [1.165, 1.54) is 0 Å². The van der Waals surface area contributed by atoms with Gasteiger partial charge in [-0.1, -0.05) is 0 Å². The molecule has 0 spiro atoms. The fourth-order valence-electron chi connectivity index (χ4n) is 3.29. The third-order valence-electron chi connectivity index (χ3n) is 3.98. The predicted octanol–water partition coefficient (Wildman–Crippen LogP) is 2.35. The zero-order chi connectivity index (χ0) is 14.8. The van der Waals surface area contributed by atoms with Crippen molar-refractivity contribution in [3.8, 4) is 0 Å². The summed E-state index contributed by atoms with van der Waals surface area (Å²) in [4.78, 5) is 0. The molecule has 0 amide bonds. The lowest BCUT2D eigenvalue weighted by atomic mass is 9.97. The van der Waals surface area contributed by atoms with Gasteiger partial charge in [-0.05, 0) is 39.8 Å². The summed E-state index contributed by atoms with van der Waals surface area (Å²) in [5.74, 6) is -0.680. The molecule has 3 aliphatic rings. The average Bonchev–Trinajstić information content (AvgIpc) is 3.02. The maximum Gasteiger partial charge on any atom is 0.190 e. The van der Waals surface area contributed by atoms with Crippen molar-refractivity contribution in [1.82, 2.24) is 0 Å². The topological polar surface area (TPSA) is 59.3 Å². The molecule has 0 N–H and O–H groups in total. The van der Waals surface area contributed by atoms with Gasteiger partial charge in [-0.25, -0.2) is 0 Å². The first-order valence-electron chi connectivity index (χ1n) is 7.25. The molecule has 0 aliphatic carbocycles. The minimum atomic E-state index is -0.700. The lowest BCUT2D eigenvalue weighted by Crippen LogP contribution is -2.51. The molecule has 5 atom stereocenters. The Kier molecular flexibility index (Phi) is 2.81. The lowest BCUT2D eigenvalue weighted by molar-refractivity contribution is -0.239. The highest BCUT2D eigenvalue weighted by Crippen LogP contribution is 2.48. The molecule has 3 fully saturated rings. The van der Waals surface area contributed by atoms with E-state index in [9.17, 15) is 0 Å². The molecular weight excluding hydrogens is 276 g/mol. The van der Waals surface area contributed by atoms with Gasteiger partial charge in [0.05, 0.1) is 6.26 Å². The van der Waals surface area contributed by atoms with Crippen molar-refractivity contribution in [1.29, 1.82) is 0 Å². The van der Waals surface area contributed by atoms with Gasteiger partial charge in [0, 0.05) is 0 Å². The van der Waals surface area contributed by atoms with Crippen LogP contribution in [0, 0.1) is 0 Å². The Balaban J connectivity index is 1.69. The van der Waals surface area contributed by atoms with Gasteiger partial charge >= 0.3 is 0 Å². The fraction of sp³-hybridized carbons (Fsp3) is 0.733. The molecule has 6 heteroatoms. The van der Waals surface area contributed by atoms with Crippen LogP contribution in [-0.2, 0) is 23.7 Å². The quantitative estimate of drug-likeness (QED) is 0.793. The second kappa shape index (κ2) is 4.30. The normalized spacial score (nSPS) is 43.5. The molecule has 1 aromatic heterocycles. The molecule has 116 valence electrons. The highest BCUT2D eigenvalue weighted by molar-refractivity contribution is 5.11. The number of rotatable bonds is 1. The Labute approximate surface area is 123 Å². The highest BCUT2D eigenvalue weighted by Gasteiger charge is 2.61. The maximum absolute atomic E-state index is 6.05. The molecule has 21 heavy (non-hydrogen) atoms. The van der Waals surface area contributed by atoms with E-state index in [4.69, 9.17) is 28.1 Å². The van der Waals surface area contributed by atoms with Crippen LogP contribution in [0.5, 0.6) is 0 Å². The van der Waals surface area contributed by atoms with Gasteiger partial charge in [-0.2, -0.15) is 0 Å². The van der Waals surface area contributed by atoms with Crippen molar-refractivity contribution >= 4 is 0 Å². The Bertz CT molecular complexity index is 522. The Morgan fingerprint density at radius 2 is 1.52 bits per heavy atom. The lowest BCUT2D eigenvalue weighted by Gasteiger charge is -2.36. The smallest absolute Gasteiger partial charge is 0.190 e. The largest absolute Gasteiger partial charge is 0.466 e. The molecule has 0 unspecified atom stereocenters. The van der Waals surface area contributed by atoms with Crippen LogP contribution in [0.15, 0.2) is 22.8 Å². The third kappa shape index (κ3) is 2.22. The van der Waals surface area contributed by atoms with Crippen LogP contribution < -0.4 is 0 Å². The summed E-state index contributed by atoms with van der Waals surface area (Å²) in [6.07, 6.45) is -0.0886. The third-order valence-corrected chi connectivity index (χ3v) is 3.98. The van der Waals surface area contributed by atoms with Gasteiger partial charge in [-0.15, -0.1) is 0 Å². The number of hydrogen-bond donors (Lipinski definition) is 0. The fourth-order valence-corrected chi connectivity index (χ4v) is 3.29. The van der Waals surface area contributed by atoms with Gasteiger partial charge in [0.25, 0.3) is 0 Å². The molecule has 4 rings (SSSR count). The van der Waals surface area contributed by atoms with Crippen LogP contribution in [0.4, 0.5) is 0 Å². The van der Waals surface area contributed by atoms with Gasteiger partial charge in [0.15, 0.2) is 17.9 Å². The van der Waals surface area contributed by atoms with Gasteiger partial charge < -0.3 is 28.1 Å². The molecule has 0 radical (unpaired) electrons. The van der Waals surface area contributed by atoms with Crippen LogP contribution in [-0.4, -0.2) is 36.2 Å². The summed E-state index contributed by atoms with van der Waals surface area (Å²) in [5.41, 5.74) is 0. The van der Waals surface area contributed by atoms with Crippen LogP contribution in [0.1, 0.15) is 39.6 Å². The highest BCUT2D eigenvalue weighted by atomic mass is 16.9. The van der Waals surface area contributed by atoms with E-state index in [-0.39, 0.29) is 24.4 Å². The molecule has 1 aromatic rings. The summed E-state index contributed by atoms with van der Waals surface area (Å²) < 4.78 is 35.4. The van der Waals surface area contributed by atoms with E-state index in [2.05, 4.69) is 0 Å². The van der Waals surface area contributed by atoms with Crippen molar-refractivity contribution in [2.75, 3.05) is 0 Å². The average molecular weight is 296 g/mol. The Morgan fingerprint density at radius 1 is 0.857 bits per heavy atom. The molecule has 0 aromatic carbocycles. The zero-order valence-electron chi connectivity index (χ0n) is 12.6. The molecule has 0 bridgehead atoms. The summed E-state index contributed by atoms with van der Waals surface area (Å²) in [5, 5.41) is 0. The van der Waals surface area contributed by atoms with Gasteiger partial charge in [0.1, 0.15) is 30.2 Å². The van der Waals surface area contributed by atoms with Crippen molar-refractivity contribution < 1.29 is 28.1 Å². The number of hydrogen-bond acceptors (Lipinski definition) is 6. The minimum absolute atomic E-state index is 0.254. The molecule has 4 heterocycles. The number of fused-ring (bicyclic) bond motifs is 3. The summed E-state index contributed by atoms with van der Waals surface area (Å²) in [7, 11) is 0.